The van der Waals surface area contributed by atoms with Gasteiger partial charge in [-0.2, -0.15) is 0 Å². The number of carboxylic acid groups (broad SMARTS) is 1. The highest BCUT2D eigenvalue weighted by Crippen LogP contribution is 2.13. The highest BCUT2D eigenvalue weighted by atomic mass is 79.9. The molecule has 0 heterocycles. The molecule has 0 bridgehead atoms. The lowest BCUT2D eigenvalue weighted by molar-refractivity contribution is 0.0697. The number of carbonyl (C=O) groups is 1. The fraction of sp³-hybridized carbons (Fsp3) is 0. The number of benzene rings is 1. The van der Waals surface area contributed by atoms with Gasteiger partial charge in [-0.25, -0.2) is 4.79 Å². The van der Waals surface area contributed by atoms with Crippen LogP contribution in [0.1, 0.15) is 10.4 Å². The molecule has 4 heteroatoms. The molecule has 60 valence electrons. The molecule has 0 amide bonds. The van der Waals surface area contributed by atoms with Crippen molar-refractivity contribution in [3.05, 3.63) is 34.9 Å². The Morgan fingerprint density at radius 3 is 2.27 bits per heavy atom. The van der Waals surface area contributed by atoms with E-state index in [2.05, 4.69) is 0 Å². The molecule has 0 aromatic heterocycles. The van der Waals surface area contributed by atoms with Gasteiger partial charge < -0.3 is 5.11 Å². The van der Waals surface area contributed by atoms with Crippen molar-refractivity contribution in [2.24, 2.45) is 0 Å². The van der Waals surface area contributed by atoms with Crippen LogP contribution in [0.4, 0.5) is 0 Å². The van der Waals surface area contributed by atoms with Crippen molar-refractivity contribution in [3.8, 4) is 0 Å². The van der Waals surface area contributed by atoms with Gasteiger partial charge >= 0.3 is 5.97 Å². The van der Waals surface area contributed by atoms with Gasteiger partial charge in [-0.3, -0.25) is 0 Å². The van der Waals surface area contributed by atoms with Gasteiger partial charge in [-0.15, -0.1) is 17.0 Å². The summed E-state index contributed by atoms with van der Waals surface area (Å²) in [7, 11) is 0. The molecule has 0 aliphatic carbocycles. The Hall–Kier alpha value is -0.540. The van der Waals surface area contributed by atoms with Crippen LogP contribution in [0.2, 0.25) is 5.02 Å². The highest BCUT2D eigenvalue weighted by Gasteiger charge is 2.04. The van der Waals surface area contributed by atoms with E-state index in [-0.39, 0.29) is 27.6 Å². The minimum atomic E-state index is -0.995. The van der Waals surface area contributed by atoms with Crippen molar-refractivity contribution < 1.29 is 9.90 Å². The molecule has 0 unspecified atom stereocenters. The Morgan fingerprint density at radius 2 is 1.91 bits per heavy atom. The highest BCUT2D eigenvalue weighted by molar-refractivity contribution is 8.93. The average Bonchev–Trinajstić information content (AvgIpc) is 1.88. The monoisotopic (exact) mass is 236 g/mol. The van der Waals surface area contributed by atoms with Crippen molar-refractivity contribution in [3.63, 3.8) is 0 Å². The number of carboxylic acids is 1. The van der Waals surface area contributed by atoms with Crippen LogP contribution < -0.4 is 0 Å². The summed E-state index contributed by atoms with van der Waals surface area (Å²) in [5, 5.41) is 8.75. The molecular weight excluding hydrogens is 231 g/mol. The first-order valence-corrected chi connectivity index (χ1v) is 3.07. The topological polar surface area (TPSA) is 37.3 Å². The van der Waals surface area contributed by atoms with Crippen molar-refractivity contribution in [2.45, 2.75) is 0 Å². The lowest BCUT2D eigenvalue weighted by Crippen LogP contribution is -1.95. The van der Waals surface area contributed by atoms with Gasteiger partial charge in [0.2, 0.25) is 0 Å². The molecule has 1 rings (SSSR count). The van der Waals surface area contributed by atoms with E-state index in [9.17, 15) is 4.79 Å². The summed E-state index contributed by atoms with van der Waals surface area (Å²) in [5.74, 6) is -0.995. The third-order valence-corrected chi connectivity index (χ3v) is 1.43. The van der Waals surface area contributed by atoms with Crippen molar-refractivity contribution >= 4 is 34.6 Å². The van der Waals surface area contributed by atoms with Gasteiger partial charge in [0.05, 0.1) is 10.6 Å². The molecule has 0 atom stereocenters. The summed E-state index contributed by atoms with van der Waals surface area (Å²) < 4.78 is 0. The predicted molar refractivity (Wildman–Crippen MR) is 48.7 cm³/mol. The van der Waals surface area contributed by atoms with Crippen LogP contribution in [0.25, 0.3) is 0 Å². The summed E-state index contributed by atoms with van der Waals surface area (Å²) in [6.07, 6.45) is 0. The van der Waals surface area contributed by atoms with E-state index in [1.54, 1.807) is 18.2 Å². The smallest absolute Gasteiger partial charge is 0.337 e. The van der Waals surface area contributed by atoms with E-state index in [0.29, 0.717) is 0 Å². The Labute approximate surface area is 79.6 Å². The molecule has 0 aliphatic heterocycles. The standard InChI is InChI=1S/C7H5ClO2.BrH/c8-6-4-2-1-3-5(6)7(9)10;/h1-4H,(H,9,10);1H. The molecule has 1 aromatic carbocycles. The molecule has 0 aliphatic rings. The van der Waals surface area contributed by atoms with Gasteiger partial charge in [-0.1, -0.05) is 23.7 Å². The molecule has 0 saturated heterocycles. The molecule has 1 N–H and O–H groups in total. The molecule has 0 fully saturated rings. The second kappa shape index (κ2) is 4.36. The number of rotatable bonds is 1. The maximum Gasteiger partial charge on any atom is 0.337 e. The Balaban J connectivity index is 0.000001000. The minimum absolute atomic E-state index is 0. The van der Waals surface area contributed by atoms with E-state index >= 15 is 0 Å². The number of hydrogen-bond acceptors (Lipinski definition) is 1. The normalized spacial score (nSPS) is 8.45. The van der Waals surface area contributed by atoms with E-state index in [1.165, 1.54) is 6.07 Å². The summed E-state index contributed by atoms with van der Waals surface area (Å²) >= 11 is 5.54. The zero-order valence-corrected chi connectivity index (χ0v) is 7.92. The van der Waals surface area contributed by atoms with E-state index in [4.69, 9.17) is 16.7 Å². The summed E-state index contributed by atoms with van der Waals surface area (Å²) in [6.45, 7) is 0. The van der Waals surface area contributed by atoms with Crippen LogP contribution in [0.3, 0.4) is 0 Å². The van der Waals surface area contributed by atoms with Crippen LogP contribution in [0, 0.1) is 0 Å². The Bertz CT molecular complexity index is 262. The summed E-state index contributed by atoms with van der Waals surface area (Å²) in [4.78, 5) is 10.3. The first kappa shape index (κ1) is 10.5. The molecule has 0 radical (unpaired) electrons. The summed E-state index contributed by atoms with van der Waals surface area (Å²) in [6, 6.07) is 6.33. The first-order chi connectivity index (χ1) is 4.72. The quantitative estimate of drug-likeness (QED) is 0.815. The predicted octanol–water partition coefficient (Wildman–Crippen LogP) is 2.62. The third-order valence-electron chi connectivity index (χ3n) is 1.10. The fourth-order valence-electron chi connectivity index (χ4n) is 0.635. The number of hydrogen-bond donors (Lipinski definition) is 1. The van der Waals surface area contributed by atoms with Gasteiger partial charge in [0.1, 0.15) is 0 Å². The third kappa shape index (κ3) is 2.52. The zero-order valence-electron chi connectivity index (χ0n) is 5.45. The van der Waals surface area contributed by atoms with Gasteiger partial charge in [0.25, 0.3) is 0 Å². The van der Waals surface area contributed by atoms with Crippen LogP contribution >= 0.6 is 28.6 Å². The molecule has 2 nitrogen and oxygen atoms in total. The van der Waals surface area contributed by atoms with Crippen molar-refractivity contribution in [2.75, 3.05) is 0 Å². The molecule has 1 aromatic rings. The van der Waals surface area contributed by atoms with E-state index in [0.717, 1.165) is 0 Å². The Kier molecular flexibility index (Phi) is 4.15. The van der Waals surface area contributed by atoms with E-state index in [1.807, 2.05) is 0 Å². The van der Waals surface area contributed by atoms with Crippen molar-refractivity contribution in [1.82, 2.24) is 0 Å². The van der Waals surface area contributed by atoms with Crippen LogP contribution in [0.15, 0.2) is 24.3 Å². The number of aromatic carboxylic acids is 1. The van der Waals surface area contributed by atoms with Crippen molar-refractivity contribution in [1.29, 1.82) is 0 Å². The lowest BCUT2D eigenvalue weighted by Gasteiger charge is -1.94. The number of halogens is 2. The first-order valence-electron chi connectivity index (χ1n) is 2.69. The van der Waals surface area contributed by atoms with Crippen LogP contribution in [-0.2, 0) is 0 Å². The van der Waals surface area contributed by atoms with Gasteiger partial charge in [-0.05, 0) is 12.1 Å². The largest absolute Gasteiger partial charge is 0.478 e. The minimum Gasteiger partial charge on any atom is -0.478 e. The maximum atomic E-state index is 10.3. The zero-order chi connectivity index (χ0) is 7.56. The fourth-order valence-corrected chi connectivity index (χ4v) is 0.851. The van der Waals surface area contributed by atoms with Gasteiger partial charge in [0.15, 0.2) is 0 Å². The SMILES string of the molecule is Br.O=C(O)c1ccccc1Cl. The summed E-state index contributed by atoms with van der Waals surface area (Å²) in [5.41, 5.74) is 0.143. The average molecular weight is 237 g/mol. The second-order valence-electron chi connectivity index (χ2n) is 1.78. The van der Waals surface area contributed by atoms with E-state index < -0.39 is 5.97 Å². The second-order valence-corrected chi connectivity index (χ2v) is 2.19. The van der Waals surface area contributed by atoms with Gasteiger partial charge in [0, 0.05) is 0 Å². The molecular formula is C7H6BrClO2. The molecule has 0 saturated carbocycles. The Morgan fingerprint density at radius 1 is 1.36 bits per heavy atom. The lowest BCUT2D eigenvalue weighted by atomic mass is 10.2. The van der Waals surface area contributed by atoms with Crippen LogP contribution in [0.5, 0.6) is 0 Å². The van der Waals surface area contributed by atoms with Crippen LogP contribution in [-0.4, -0.2) is 11.1 Å². The maximum absolute atomic E-state index is 10.3. The molecule has 0 spiro atoms. The molecule has 11 heavy (non-hydrogen) atoms.